The van der Waals surface area contributed by atoms with Gasteiger partial charge in [0.25, 0.3) is 5.91 Å². The Balaban J connectivity index is 1.94. The van der Waals surface area contributed by atoms with E-state index in [-0.39, 0.29) is 18.1 Å². The van der Waals surface area contributed by atoms with Crippen LogP contribution in [0.2, 0.25) is 5.02 Å². The minimum Gasteiger partial charge on any atom is -0.355 e. The van der Waals surface area contributed by atoms with Gasteiger partial charge in [0.2, 0.25) is 5.91 Å². The van der Waals surface area contributed by atoms with Crippen molar-refractivity contribution < 1.29 is 14.1 Å². The van der Waals surface area contributed by atoms with Crippen LogP contribution in [0.25, 0.3) is 11.3 Å². The smallest absolute Gasteiger partial charge is 0.273 e. The summed E-state index contributed by atoms with van der Waals surface area (Å²) in [6, 6.07) is 8.49. The van der Waals surface area contributed by atoms with E-state index in [0.29, 0.717) is 17.3 Å². The minimum absolute atomic E-state index is 0.0953. The molecule has 1 aromatic carbocycles. The van der Waals surface area contributed by atoms with Gasteiger partial charge in [0.05, 0.1) is 6.54 Å². The standard InChI is InChI=1S/C15H16ClN3O3/c1-2-7-17-14(20)9-18-15(21)12-8-13(22-19-12)10-3-5-11(16)6-4-10/h3-6,8H,2,7,9H2,1H3,(H,17,20)(H,18,21). The number of aromatic nitrogens is 1. The number of nitrogens with one attached hydrogen (secondary N) is 2. The molecular weight excluding hydrogens is 306 g/mol. The fourth-order valence-electron chi connectivity index (χ4n) is 1.71. The molecule has 0 bridgehead atoms. The maximum Gasteiger partial charge on any atom is 0.273 e. The molecule has 2 aromatic rings. The molecule has 116 valence electrons. The number of hydrogen-bond acceptors (Lipinski definition) is 4. The Labute approximate surface area is 132 Å². The molecule has 22 heavy (non-hydrogen) atoms. The van der Waals surface area contributed by atoms with Crippen molar-refractivity contribution in [3.05, 3.63) is 41.0 Å². The summed E-state index contributed by atoms with van der Waals surface area (Å²) < 4.78 is 5.13. The quantitative estimate of drug-likeness (QED) is 0.854. The second kappa shape index (κ2) is 7.61. The third-order valence-electron chi connectivity index (χ3n) is 2.85. The van der Waals surface area contributed by atoms with Gasteiger partial charge in [-0.3, -0.25) is 9.59 Å². The lowest BCUT2D eigenvalue weighted by Gasteiger charge is -2.03. The first-order valence-electron chi connectivity index (χ1n) is 6.87. The van der Waals surface area contributed by atoms with Crippen molar-refractivity contribution in [2.75, 3.05) is 13.1 Å². The van der Waals surface area contributed by atoms with E-state index in [0.717, 1.165) is 12.0 Å². The summed E-state index contributed by atoms with van der Waals surface area (Å²) in [6.07, 6.45) is 0.841. The van der Waals surface area contributed by atoms with Crippen LogP contribution < -0.4 is 10.6 Å². The molecule has 0 saturated carbocycles. The predicted octanol–water partition coefficient (Wildman–Crippen LogP) is 2.25. The average Bonchev–Trinajstić information content (AvgIpc) is 3.01. The van der Waals surface area contributed by atoms with Gasteiger partial charge < -0.3 is 15.2 Å². The van der Waals surface area contributed by atoms with Crippen molar-refractivity contribution in [3.63, 3.8) is 0 Å². The molecular formula is C15H16ClN3O3. The second-order valence-corrected chi connectivity index (χ2v) is 5.05. The van der Waals surface area contributed by atoms with E-state index >= 15 is 0 Å². The molecule has 0 aliphatic rings. The molecule has 0 aliphatic heterocycles. The third kappa shape index (κ3) is 4.33. The molecule has 1 heterocycles. The van der Waals surface area contributed by atoms with Crippen LogP contribution in [0.3, 0.4) is 0 Å². The normalized spacial score (nSPS) is 10.3. The Kier molecular flexibility index (Phi) is 5.55. The van der Waals surface area contributed by atoms with Gasteiger partial charge in [-0.05, 0) is 30.7 Å². The van der Waals surface area contributed by atoms with Gasteiger partial charge in [-0.25, -0.2) is 0 Å². The van der Waals surface area contributed by atoms with Crippen molar-refractivity contribution in [3.8, 4) is 11.3 Å². The van der Waals surface area contributed by atoms with Crippen LogP contribution in [0.1, 0.15) is 23.8 Å². The van der Waals surface area contributed by atoms with Gasteiger partial charge in [0.15, 0.2) is 11.5 Å². The molecule has 2 rings (SSSR count). The van der Waals surface area contributed by atoms with Crippen LogP contribution in [-0.2, 0) is 4.79 Å². The number of amides is 2. The fraction of sp³-hybridized carbons (Fsp3) is 0.267. The molecule has 6 nitrogen and oxygen atoms in total. The summed E-state index contributed by atoms with van der Waals surface area (Å²) >= 11 is 5.81. The Morgan fingerprint density at radius 1 is 1.23 bits per heavy atom. The first-order chi connectivity index (χ1) is 10.6. The fourth-order valence-corrected chi connectivity index (χ4v) is 1.84. The number of rotatable bonds is 6. The van der Waals surface area contributed by atoms with Crippen molar-refractivity contribution >= 4 is 23.4 Å². The average molecular weight is 322 g/mol. The van der Waals surface area contributed by atoms with Crippen LogP contribution >= 0.6 is 11.6 Å². The number of halogens is 1. The van der Waals surface area contributed by atoms with Crippen LogP contribution in [0, 0.1) is 0 Å². The number of benzene rings is 1. The molecule has 0 saturated heterocycles. The highest BCUT2D eigenvalue weighted by Crippen LogP contribution is 2.22. The van der Waals surface area contributed by atoms with Gasteiger partial charge in [-0.15, -0.1) is 0 Å². The SMILES string of the molecule is CCCNC(=O)CNC(=O)c1cc(-c2ccc(Cl)cc2)on1. The van der Waals surface area contributed by atoms with Crippen molar-refractivity contribution in [2.24, 2.45) is 0 Å². The molecule has 2 amide bonds. The van der Waals surface area contributed by atoms with Gasteiger partial charge in [0, 0.05) is 23.2 Å². The van der Waals surface area contributed by atoms with Crippen LogP contribution in [0.5, 0.6) is 0 Å². The zero-order valence-corrected chi connectivity index (χ0v) is 12.8. The first kappa shape index (κ1) is 16.0. The molecule has 1 aromatic heterocycles. The van der Waals surface area contributed by atoms with E-state index in [1.807, 2.05) is 6.92 Å². The van der Waals surface area contributed by atoms with E-state index in [2.05, 4.69) is 15.8 Å². The predicted molar refractivity (Wildman–Crippen MR) is 82.6 cm³/mol. The van der Waals surface area contributed by atoms with E-state index < -0.39 is 5.91 Å². The zero-order chi connectivity index (χ0) is 15.9. The molecule has 7 heteroatoms. The van der Waals surface area contributed by atoms with Crippen LogP contribution in [0.4, 0.5) is 0 Å². The minimum atomic E-state index is -0.462. The lowest BCUT2D eigenvalue weighted by molar-refractivity contribution is -0.120. The molecule has 0 radical (unpaired) electrons. The van der Waals surface area contributed by atoms with E-state index in [9.17, 15) is 9.59 Å². The maximum absolute atomic E-state index is 11.9. The van der Waals surface area contributed by atoms with Crippen LogP contribution in [-0.4, -0.2) is 30.1 Å². The van der Waals surface area contributed by atoms with Gasteiger partial charge in [0.1, 0.15) is 0 Å². The zero-order valence-electron chi connectivity index (χ0n) is 12.1. The first-order valence-corrected chi connectivity index (χ1v) is 7.25. The Hall–Kier alpha value is -2.34. The number of carbonyl (C=O) groups is 2. The van der Waals surface area contributed by atoms with Crippen molar-refractivity contribution in [2.45, 2.75) is 13.3 Å². The summed E-state index contributed by atoms with van der Waals surface area (Å²) in [4.78, 5) is 23.3. The Morgan fingerprint density at radius 2 is 1.95 bits per heavy atom. The number of hydrogen-bond donors (Lipinski definition) is 2. The molecule has 0 aliphatic carbocycles. The highest BCUT2D eigenvalue weighted by atomic mass is 35.5. The highest BCUT2D eigenvalue weighted by molar-refractivity contribution is 6.30. The van der Waals surface area contributed by atoms with Gasteiger partial charge in [-0.2, -0.15) is 0 Å². The molecule has 0 fully saturated rings. The maximum atomic E-state index is 11.9. The Morgan fingerprint density at radius 3 is 2.64 bits per heavy atom. The summed E-state index contributed by atoms with van der Waals surface area (Å²) in [5.41, 5.74) is 0.880. The lowest BCUT2D eigenvalue weighted by Crippen LogP contribution is -2.37. The van der Waals surface area contributed by atoms with Crippen LogP contribution in [0.15, 0.2) is 34.9 Å². The molecule has 0 spiro atoms. The largest absolute Gasteiger partial charge is 0.355 e. The third-order valence-corrected chi connectivity index (χ3v) is 3.11. The van der Waals surface area contributed by atoms with Crippen molar-refractivity contribution in [1.29, 1.82) is 0 Å². The summed E-state index contributed by atoms with van der Waals surface area (Å²) in [5.74, 6) is -0.246. The lowest BCUT2D eigenvalue weighted by atomic mass is 10.1. The second-order valence-electron chi connectivity index (χ2n) is 4.62. The highest BCUT2D eigenvalue weighted by Gasteiger charge is 2.14. The monoisotopic (exact) mass is 321 g/mol. The molecule has 2 N–H and O–H groups in total. The summed E-state index contributed by atoms with van der Waals surface area (Å²) in [5, 5.41) is 9.47. The Bertz CT molecular complexity index is 652. The van der Waals surface area contributed by atoms with Gasteiger partial charge >= 0.3 is 0 Å². The molecule has 0 unspecified atom stereocenters. The molecule has 0 atom stereocenters. The van der Waals surface area contributed by atoms with Crippen molar-refractivity contribution in [1.82, 2.24) is 15.8 Å². The summed E-state index contributed by atoms with van der Waals surface area (Å²) in [7, 11) is 0. The van der Waals surface area contributed by atoms with Gasteiger partial charge in [-0.1, -0.05) is 23.7 Å². The topological polar surface area (TPSA) is 84.2 Å². The van der Waals surface area contributed by atoms with E-state index in [1.165, 1.54) is 6.07 Å². The van der Waals surface area contributed by atoms with E-state index in [4.69, 9.17) is 16.1 Å². The van der Waals surface area contributed by atoms with E-state index in [1.54, 1.807) is 24.3 Å². The summed E-state index contributed by atoms with van der Waals surface area (Å²) in [6.45, 7) is 2.44. The number of nitrogens with zero attached hydrogens (tertiary/aromatic N) is 1. The number of carbonyl (C=O) groups excluding carboxylic acids is 2.